The highest BCUT2D eigenvalue weighted by Gasteiger charge is 2.25. The normalized spacial score (nSPS) is 14.3. The number of urea groups is 1. The second kappa shape index (κ2) is 12.0. The number of aliphatic hydroxyl groups is 1. The van der Waals surface area contributed by atoms with E-state index in [-0.39, 0.29) is 42.6 Å². The number of carbonyl (C=O) groups excluding carboxylic acids is 2. The van der Waals surface area contributed by atoms with Gasteiger partial charge in [-0.2, -0.15) is 0 Å². The van der Waals surface area contributed by atoms with Crippen LogP contribution in [0.1, 0.15) is 28.4 Å². The molecule has 0 radical (unpaired) electrons. The van der Waals surface area contributed by atoms with Gasteiger partial charge in [-0.1, -0.05) is 12.1 Å². The fourth-order valence-electron chi connectivity index (χ4n) is 4.20. The zero-order chi connectivity index (χ0) is 27.2. The Hall–Kier alpha value is -4.03. The molecule has 38 heavy (non-hydrogen) atoms. The van der Waals surface area contributed by atoms with E-state index in [9.17, 15) is 29.0 Å². The van der Waals surface area contributed by atoms with Crippen LogP contribution < -0.4 is 16.2 Å². The van der Waals surface area contributed by atoms with E-state index in [0.717, 1.165) is 5.56 Å². The summed E-state index contributed by atoms with van der Waals surface area (Å²) in [6, 6.07) is 6.71. The van der Waals surface area contributed by atoms with E-state index < -0.39 is 28.8 Å². The van der Waals surface area contributed by atoms with E-state index in [1.54, 1.807) is 30.0 Å². The first-order valence-electron chi connectivity index (χ1n) is 12.3. The molecule has 0 saturated carbocycles. The van der Waals surface area contributed by atoms with Crippen LogP contribution in [-0.4, -0.2) is 82.1 Å². The van der Waals surface area contributed by atoms with Crippen molar-refractivity contribution < 1.29 is 28.9 Å². The van der Waals surface area contributed by atoms with Gasteiger partial charge in [-0.15, -0.1) is 0 Å². The number of halogens is 1. The number of nitrogens with zero attached hydrogens (tertiary/aromatic N) is 3. The molecule has 11 nitrogen and oxygen atoms in total. The van der Waals surface area contributed by atoms with Gasteiger partial charge in [-0.25, -0.2) is 9.18 Å². The van der Waals surface area contributed by atoms with E-state index in [2.05, 4.69) is 15.6 Å². The van der Waals surface area contributed by atoms with Crippen molar-refractivity contribution in [3.63, 3.8) is 0 Å². The van der Waals surface area contributed by atoms with Gasteiger partial charge in [0, 0.05) is 38.4 Å². The number of hydrogen-bond acceptors (Lipinski definition) is 7. The fourth-order valence-corrected chi connectivity index (χ4v) is 4.20. The number of fused-ring (bicyclic) bond motifs is 1. The van der Waals surface area contributed by atoms with Crippen molar-refractivity contribution in [1.29, 1.82) is 0 Å². The number of aromatic nitrogens is 2. The molecule has 1 aromatic carbocycles. The number of amides is 3. The minimum atomic E-state index is -0.848. The Balaban J connectivity index is 1.68. The predicted octanol–water partition coefficient (Wildman–Crippen LogP) is 0.984. The highest BCUT2D eigenvalue weighted by atomic mass is 19.1. The van der Waals surface area contributed by atoms with Crippen molar-refractivity contribution >= 4 is 23.0 Å². The Labute approximate surface area is 217 Å². The highest BCUT2D eigenvalue weighted by Crippen LogP contribution is 2.26. The third-order valence-corrected chi connectivity index (χ3v) is 6.24. The van der Waals surface area contributed by atoms with Gasteiger partial charge in [-0.3, -0.25) is 14.6 Å². The lowest BCUT2D eigenvalue weighted by Crippen LogP contribution is -2.47. The van der Waals surface area contributed by atoms with Crippen molar-refractivity contribution in [3.05, 3.63) is 69.4 Å². The summed E-state index contributed by atoms with van der Waals surface area (Å²) in [5.74, 6) is -1.78. The first kappa shape index (κ1) is 27.0. The van der Waals surface area contributed by atoms with Crippen molar-refractivity contribution in [2.45, 2.75) is 25.9 Å². The summed E-state index contributed by atoms with van der Waals surface area (Å²) in [4.78, 5) is 44.8. The number of rotatable bonds is 8. The lowest BCUT2D eigenvalue weighted by Gasteiger charge is -2.27. The molecule has 1 atom stereocenters. The number of ether oxygens (including phenoxy) is 1. The number of hydrogen-bond donors (Lipinski definition) is 4. The molecule has 0 aliphatic carbocycles. The van der Waals surface area contributed by atoms with Gasteiger partial charge in [0.25, 0.3) is 11.5 Å². The van der Waals surface area contributed by atoms with Crippen LogP contribution >= 0.6 is 0 Å². The van der Waals surface area contributed by atoms with Gasteiger partial charge in [-0.05, 0) is 42.7 Å². The molecule has 12 heteroatoms. The van der Waals surface area contributed by atoms with E-state index in [0.29, 0.717) is 38.3 Å². The zero-order valence-corrected chi connectivity index (χ0v) is 20.9. The molecular weight excluding hydrogens is 497 g/mol. The number of aromatic hydroxyl groups is 1. The number of nitrogens with one attached hydrogen (secondary N) is 2. The van der Waals surface area contributed by atoms with Gasteiger partial charge in [0.05, 0.1) is 25.3 Å². The molecule has 4 N–H and O–H groups in total. The van der Waals surface area contributed by atoms with Crippen LogP contribution in [0.3, 0.4) is 0 Å². The molecule has 202 valence electrons. The SMILES string of the molecule is CC(CO)NC(=O)c1c(O)c2ncc(Cc3ccc(F)cc3)cc2n(CCNC(=O)N2CCOCC2)c1=O. The molecule has 1 aliphatic heterocycles. The van der Waals surface area contributed by atoms with E-state index in [4.69, 9.17) is 4.74 Å². The second-order valence-electron chi connectivity index (χ2n) is 9.08. The molecule has 3 aromatic rings. The van der Waals surface area contributed by atoms with Crippen LogP contribution in [0, 0.1) is 5.82 Å². The smallest absolute Gasteiger partial charge is 0.317 e. The van der Waals surface area contributed by atoms with Crippen LogP contribution in [0.2, 0.25) is 0 Å². The maximum Gasteiger partial charge on any atom is 0.317 e. The van der Waals surface area contributed by atoms with E-state index in [1.807, 2.05) is 0 Å². The van der Waals surface area contributed by atoms with E-state index in [1.165, 1.54) is 22.9 Å². The lowest BCUT2D eigenvalue weighted by atomic mass is 10.1. The number of morpholine rings is 1. The van der Waals surface area contributed by atoms with Gasteiger partial charge < -0.3 is 35.1 Å². The summed E-state index contributed by atoms with van der Waals surface area (Å²) in [6.07, 6.45) is 1.90. The molecule has 0 spiro atoms. The Morgan fingerprint density at radius 1 is 1.18 bits per heavy atom. The summed E-state index contributed by atoms with van der Waals surface area (Å²) < 4.78 is 19.9. The molecule has 3 heterocycles. The van der Waals surface area contributed by atoms with Gasteiger partial charge >= 0.3 is 6.03 Å². The summed E-state index contributed by atoms with van der Waals surface area (Å²) in [6.45, 7) is 3.08. The maximum absolute atomic E-state index is 13.5. The minimum Gasteiger partial charge on any atom is -0.505 e. The predicted molar refractivity (Wildman–Crippen MR) is 137 cm³/mol. The molecular formula is C26H30FN5O6. The van der Waals surface area contributed by atoms with Gasteiger partial charge in [0.15, 0.2) is 5.75 Å². The Morgan fingerprint density at radius 2 is 1.89 bits per heavy atom. The molecule has 0 bridgehead atoms. The minimum absolute atomic E-state index is 0.00318. The molecule has 1 unspecified atom stereocenters. The first-order chi connectivity index (χ1) is 18.3. The van der Waals surface area contributed by atoms with Crippen molar-refractivity contribution in [3.8, 4) is 5.75 Å². The topological polar surface area (TPSA) is 146 Å². The zero-order valence-electron chi connectivity index (χ0n) is 20.9. The summed E-state index contributed by atoms with van der Waals surface area (Å²) >= 11 is 0. The Kier molecular flexibility index (Phi) is 8.54. The standard InChI is InChI=1S/C26H30FN5O6/c1-16(15-33)30-24(35)21-23(34)22-20(13-18(14-29-22)12-17-2-4-19(27)5-3-17)32(25(21)36)7-6-28-26(37)31-8-10-38-11-9-31/h2-5,13-14,16,33-34H,6-12,15H2,1H3,(H,28,37)(H,30,35). The van der Waals surface area contributed by atoms with Crippen LogP contribution in [0.15, 0.2) is 41.3 Å². The summed E-state index contributed by atoms with van der Waals surface area (Å²) in [5.41, 5.74) is 0.556. The van der Waals surface area contributed by atoms with Crippen molar-refractivity contribution in [1.82, 2.24) is 25.1 Å². The van der Waals surface area contributed by atoms with E-state index >= 15 is 0 Å². The van der Waals surface area contributed by atoms with Crippen molar-refractivity contribution in [2.75, 3.05) is 39.5 Å². The average molecular weight is 528 g/mol. The number of carbonyl (C=O) groups is 2. The third-order valence-electron chi connectivity index (χ3n) is 6.24. The maximum atomic E-state index is 13.5. The highest BCUT2D eigenvalue weighted by molar-refractivity contribution is 6.01. The largest absolute Gasteiger partial charge is 0.505 e. The molecule has 1 saturated heterocycles. The monoisotopic (exact) mass is 527 g/mol. The molecule has 4 rings (SSSR count). The molecule has 1 aliphatic rings. The third kappa shape index (κ3) is 6.09. The van der Waals surface area contributed by atoms with Crippen LogP contribution in [-0.2, 0) is 17.7 Å². The van der Waals surface area contributed by atoms with Crippen LogP contribution in [0.5, 0.6) is 5.75 Å². The number of benzene rings is 1. The van der Waals surface area contributed by atoms with Gasteiger partial charge in [0.1, 0.15) is 16.9 Å². The van der Waals surface area contributed by atoms with Crippen molar-refractivity contribution in [2.24, 2.45) is 0 Å². The summed E-state index contributed by atoms with van der Waals surface area (Å²) in [7, 11) is 0. The lowest BCUT2D eigenvalue weighted by molar-refractivity contribution is 0.0532. The first-order valence-corrected chi connectivity index (χ1v) is 12.3. The van der Waals surface area contributed by atoms with Crippen LogP contribution in [0.4, 0.5) is 9.18 Å². The Bertz CT molecular complexity index is 1370. The number of pyridine rings is 2. The fraction of sp³-hybridized carbons (Fsp3) is 0.385. The molecule has 1 fully saturated rings. The average Bonchev–Trinajstić information content (AvgIpc) is 2.92. The van der Waals surface area contributed by atoms with Crippen LogP contribution in [0.25, 0.3) is 11.0 Å². The Morgan fingerprint density at radius 3 is 2.58 bits per heavy atom. The summed E-state index contributed by atoms with van der Waals surface area (Å²) in [5, 5.41) is 25.4. The molecule has 3 amide bonds. The quantitative estimate of drug-likeness (QED) is 0.342. The van der Waals surface area contributed by atoms with Gasteiger partial charge in [0.2, 0.25) is 0 Å². The second-order valence-corrected chi connectivity index (χ2v) is 9.08. The number of aliphatic hydroxyl groups excluding tert-OH is 1. The molecule has 2 aromatic heterocycles.